The van der Waals surface area contributed by atoms with E-state index in [0.717, 1.165) is 5.56 Å². The summed E-state index contributed by atoms with van der Waals surface area (Å²) in [6, 6.07) is 13.7. The zero-order valence-electron chi connectivity index (χ0n) is 16.6. The van der Waals surface area contributed by atoms with Crippen LogP contribution in [-0.2, 0) is 11.3 Å². The van der Waals surface area contributed by atoms with Crippen LogP contribution in [0.25, 0.3) is 0 Å². The highest BCUT2D eigenvalue weighted by molar-refractivity contribution is 6.05. The third-order valence-electron chi connectivity index (χ3n) is 4.04. The average molecular weight is 382 g/mol. The molecule has 0 fully saturated rings. The number of urea groups is 1. The number of nitrogens with one attached hydrogen (secondary N) is 3. The molecule has 0 atom stereocenters. The summed E-state index contributed by atoms with van der Waals surface area (Å²) in [5, 5.41) is 8.33. The first-order valence-electron chi connectivity index (χ1n) is 9.05. The van der Waals surface area contributed by atoms with Crippen LogP contribution in [0, 0.1) is 0 Å². The summed E-state index contributed by atoms with van der Waals surface area (Å²) in [6.45, 7) is 5.65. The van der Waals surface area contributed by atoms with Gasteiger partial charge in [-0.1, -0.05) is 18.2 Å². The lowest BCUT2D eigenvalue weighted by molar-refractivity contribution is -0.128. The van der Waals surface area contributed by atoms with Crippen LogP contribution >= 0.6 is 0 Å². The van der Waals surface area contributed by atoms with Crippen LogP contribution in [0.3, 0.4) is 0 Å². The second-order valence-electron chi connectivity index (χ2n) is 6.82. The smallest absolute Gasteiger partial charge is 0.319 e. The Kier molecular flexibility index (Phi) is 7.14. The zero-order chi connectivity index (χ0) is 20.7. The summed E-state index contributed by atoms with van der Waals surface area (Å²) in [5.41, 5.74) is 2.55. The van der Waals surface area contributed by atoms with Crippen LogP contribution in [0.2, 0.25) is 0 Å². The molecular weight excluding hydrogens is 356 g/mol. The van der Waals surface area contributed by atoms with Crippen LogP contribution in [-0.4, -0.2) is 35.8 Å². The van der Waals surface area contributed by atoms with Crippen LogP contribution in [0.15, 0.2) is 48.5 Å². The fourth-order valence-corrected chi connectivity index (χ4v) is 2.48. The fraction of sp³-hybridized carbons (Fsp3) is 0.286. The Hall–Kier alpha value is -3.35. The lowest BCUT2D eigenvalue weighted by Gasteiger charge is -2.18. The highest BCUT2D eigenvalue weighted by atomic mass is 16.2. The standard InChI is InChI=1S/C21H26N4O3/c1-14(2)22-21(28)23-18-11-9-16(10-12-18)20(27)24-19-8-6-5-7-17(19)13-25(4)15(3)26/h5-12,14H,13H2,1-4H3,(H,24,27)(H2,22,23,28). The van der Waals surface area contributed by atoms with Crippen molar-refractivity contribution in [3.05, 3.63) is 59.7 Å². The fourth-order valence-electron chi connectivity index (χ4n) is 2.48. The predicted octanol–water partition coefficient (Wildman–Crippen LogP) is 3.45. The molecule has 0 saturated carbocycles. The van der Waals surface area contributed by atoms with Crippen LogP contribution in [0.1, 0.15) is 36.7 Å². The summed E-state index contributed by atoms with van der Waals surface area (Å²) >= 11 is 0. The molecule has 148 valence electrons. The Bertz CT molecular complexity index is 847. The molecule has 0 aliphatic heterocycles. The maximum atomic E-state index is 12.6. The highest BCUT2D eigenvalue weighted by Crippen LogP contribution is 2.18. The highest BCUT2D eigenvalue weighted by Gasteiger charge is 2.12. The van der Waals surface area contributed by atoms with Gasteiger partial charge in [-0.3, -0.25) is 9.59 Å². The number of para-hydroxylation sites is 1. The van der Waals surface area contributed by atoms with Crippen molar-refractivity contribution in [3.8, 4) is 0 Å². The van der Waals surface area contributed by atoms with Gasteiger partial charge in [-0.2, -0.15) is 0 Å². The molecule has 7 nitrogen and oxygen atoms in total. The van der Waals surface area contributed by atoms with Gasteiger partial charge in [0.25, 0.3) is 5.91 Å². The van der Waals surface area contributed by atoms with E-state index in [1.54, 1.807) is 42.3 Å². The summed E-state index contributed by atoms with van der Waals surface area (Å²) in [5.74, 6) is -0.318. The van der Waals surface area contributed by atoms with E-state index in [9.17, 15) is 14.4 Å². The van der Waals surface area contributed by atoms with E-state index in [1.807, 2.05) is 32.0 Å². The van der Waals surface area contributed by atoms with Gasteiger partial charge in [0.1, 0.15) is 0 Å². The Morgan fingerprint density at radius 3 is 2.21 bits per heavy atom. The molecule has 0 bridgehead atoms. The molecule has 2 aromatic rings. The minimum absolute atomic E-state index is 0.0344. The van der Waals surface area contributed by atoms with E-state index >= 15 is 0 Å². The molecular formula is C21H26N4O3. The van der Waals surface area contributed by atoms with Gasteiger partial charge in [0, 0.05) is 43.5 Å². The number of amides is 4. The number of benzene rings is 2. The van der Waals surface area contributed by atoms with Crippen molar-refractivity contribution in [3.63, 3.8) is 0 Å². The first-order chi connectivity index (χ1) is 13.3. The number of nitrogens with zero attached hydrogens (tertiary/aromatic N) is 1. The zero-order valence-corrected chi connectivity index (χ0v) is 16.6. The summed E-state index contributed by atoms with van der Waals surface area (Å²) < 4.78 is 0. The van der Waals surface area contributed by atoms with Gasteiger partial charge >= 0.3 is 6.03 Å². The second kappa shape index (κ2) is 9.55. The molecule has 0 saturated heterocycles. The van der Waals surface area contributed by atoms with Crippen molar-refractivity contribution in [1.82, 2.24) is 10.2 Å². The lowest BCUT2D eigenvalue weighted by atomic mass is 10.1. The van der Waals surface area contributed by atoms with Gasteiger partial charge < -0.3 is 20.9 Å². The number of rotatable bonds is 6. The molecule has 0 unspecified atom stereocenters. The van der Waals surface area contributed by atoms with Crippen molar-refractivity contribution < 1.29 is 14.4 Å². The second-order valence-corrected chi connectivity index (χ2v) is 6.82. The van der Waals surface area contributed by atoms with Crippen molar-refractivity contribution in [2.45, 2.75) is 33.4 Å². The van der Waals surface area contributed by atoms with Gasteiger partial charge in [0.15, 0.2) is 0 Å². The van der Waals surface area contributed by atoms with Crippen LogP contribution in [0.5, 0.6) is 0 Å². The third-order valence-corrected chi connectivity index (χ3v) is 4.04. The van der Waals surface area contributed by atoms with Crippen molar-refractivity contribution in [2.75, 3.05) is 17.7 Å². The van der Waals surface area contributed by atoms with Crippen LogP contribution < -0.4 is 16.0 Å². The number of hydrogen-bond donors (Lipinski definition) is 3. The van der Waals surface area contributed by atoms with Gasteiger partial charge in [-0.25, -0.2) is 4.79 Å². The Morgan fingerprint density at radius 1 is 0.964 bits per heavy atom. The Labute approximate surface area is 165 Å². The molecule has 4 amide bonds. The number of carbonyl (C=O) groups is 3. The number of carbonyl (C=O) groups excluding carboxylic acids is 3. The van der Waals surface area contributed by atoms with Gasteiger partial charge in [-0.05, 0) is 49.7 Å². The maximum Gasteiger partial charge on any atom is 0.319 e. The summed E-state index contributed by atoms with van der Waals surface area (Å²) in [4.78, 5) is 37.4. The third kappa shape index (κ3) is 6.12. The monoisotopic (exact) mass is 382 g/mol. The van der Waals surface area contributed by atoms with Crippen molar-refractivity contribution in [2.24, 2.45) is 0 Å². The average Bonchev–Trinajstić information content (AvgIpc) is 2.63. The first-order valence-corrected chi connectivity index (χ1v) is 9.05. The minimum Gasteiger partial charge on any atom is -0.342 e. The molecule has 0 aliphatic rings. The molecule has 7 heteroatoms. The van der Waals surface area contributed by atoms with Gasteiger partial charge in [-0.15, -0.1) is 0 Å². The molecule has 3 N–H and O–H groups in total. The molecule has 28 heavy (non-hydrogen) atoms. The topological polar surface area (TPSA) is 90.5 Å². The van der Waals surface area contributed by atoms with Crippen molar-refractivity contribution >= 4 is 29.2 Å². The van der Waals surface area contributed by atoms with E-state index in [4.69, 9.17) is 0 Å². The first kappa shape index (κ1) is 21.0. The number of anilines is 2. The van der Waals surface area contributed by atoms with Gasteiger partial charge in [0.05, 0.1) is 0 Å². The van der Waals surface area contributed by atoms with E-state index in [-0.39, 0.29) is 23.9 Å². The van der Waals surface area contributed by atoms with E-state index in [1.165, 1.54) is 6.92 Å². The summed E-state index contributed by atoms with van der Waals surface area (Å²) in [6.07, 6.45) is 0. The van der Waals surface area contributed by atoms with E-state index < -0.39 is 0 Å². The largest absolute Gasteiger partial charge is 0.342 e. The molecule has 0 aromatic heterocycles. The SMILES string of the molecule is CC(=O)N(C)Cc1ccccc1NC(=O)c1ccc(NC(=O)NC(C)C)cc1. The maximum absolute atomic E-state index is 12.6. The Morgan fingerprint density at radius 2 is 1.61 bits per heavy atom. The normalized spacial score (nSPS) is 10.3. The Balaban J connectivity index is 2.05. The molecule has 0 spiro atoms. The lowest BCUT2D eigenvalue weighted by Crippen LogP contribution is -2.34. The van der Waals surface area contributed by atoms with E-state index in [0.29, 0.717) is 23.5 Å². The molecule has 0 aliphatic carbocycles. The predicted molar refractivity (Wildman–Crippen MR) is 110 cm³/mol. The van der Waals surface area contributed by atoms with E-state index in [2.05, 4.69) is 16.0 Å². The molecule has 2 aromatic carbocycles. The summed E-state index contributed by atoms with van der Waals surface area (Å²) in [7, 11) is 1.71. The van der Waals surface area contributed by atoms with Crippen molar-refractivity contribution in [1.29, 1.82) is 0 Å². The van der Waals surface area contributed by atoms with Crippen LogP contribution in [0.4, 0.5) is 16.2 Å². The molecule has 0 heterocycles. The molecule has 2 rings (SSSR count). The molecule has 0 radical (unpaired) electrons. The number of hydrogen-bond acceptors (Lipinski definition) is 3. The van der Waals surface area contributed by atoms with Gasteiger partial charge in [0.2, 0.25) is 5.91 Å². The minimum atomic E-state index is -0.296. The quantitative estimate of drug-likeness (QED) is 0.715.